The predicted octanol–water partition coefficient (Wildman–Crippen LogP) is 5.52. The summed E-state index contributed by atoms with van der Waals surface area (Å²) in [7, 11) is 1.68. The Balaban J connectivity index is 1.27. The van der Waals surface area contributed by atoms with Gasteiger partial charge in [0.2, 0.25) is 5.91 Å². The van der Waals surface area contributed by atoms with Gasteiger partial charge in [0.1, 0.15) is 23.1 Å². The highest BCUT2D eigenvalue weighted by Gasteiger charge is 2.69. The summed E-state index contributed by atoms with van der Waals surface area (Å²) < 4.78 is 28.5. The maximum absolute atomic E-state index is 14.0. The van der Waals surface area contributed by atoms with Crippen LogP contribution in [0, 0.1) is 25.1 Å². The predicted molar refractivity (Wildman–Crippen MR) is 166 cm³/mol. The molecule has 4 N–H and O–H groups in total. The van der Waals surface area contributed by atoms with Crippen molar-refractivity contribution in [3.63, 3.8) is 0 Å². The van der Waals surface area contributed by atoms with Crippen LogP contribution < -0.4 is 26.1 Å². The summed E-state index contributed by atoms with van der Waals surface area (Å²) in [5, 5.41) is 14.1. The molecule has 44 heavy (non-hydrogen) atoms. The number of pyridine rings is 1. The molecule has 234 valence electrons. The number of rotatable bonds is 8. The number of nitrogens with one attached hydrogen (secondary N) is 1. The summed E-state index contributed by atoms with van der Waals surface area (Å²) in [5.41, 5.74) is 7.68. The summed E-state index contributed by atoms with van der Waals surface area (Å²) >= 11 is 0. The van der Waals surface area contributed by atoms with E-state index < -0.39 is 5.60 Å². The Morgan fingerprint density at radius 3 is 2.25 bits per heavy atom. The first-order valence-electron chi connectivity index (χ1n) is 15.4. The van der Waals surface area contributed by atoms with Crippen molar-refractivity contribution in [2.75, 3.05) is 0 Å². The quantitative estimate of drug-likeness (QED) is 0.313. The van der Waals surface area contributed by atoms with Crippen LogP contribution in [0.25, 0.3) is 11.1 Å². The average Bonchev–Trinajstić information content (AvgIpc) is 2.91. The minimum Gasteiger partial charge on any atom is -0.490 e. The first-order chi connectivity index (χ1) is 20.6. The van der Waals surface area contributed by atoms with Gasteiger partial charge < -0.3 is 30.2 Å². The van der Waals surface area contributed by atoms with Crippen LogP contribution in [-0.4, -0.2) is 33.3 Å². The second-order valence-corrected chi connectivity index (χ2v) is 14.0. The van der Waals surface area contributed by atoms with Crippen molar-refractivity contribution >= 4 is 5.91 Å². The Hall–Kier alpha value is -3.69. The van der Waals surface area contributed by atoms with Crippen molar-refractivity contribution in [1.82, 2.24) is 9.88 Å². The van der Waals surface area contributed by atoms with Crippen molar-refractivity contribution in [2.45, 2.75) is 95.9 Å². The van der Waals surface area contributed by atoms with Crippen LogP contribution in [0.3, 0.4) is 0 Å². The number of aliphatic hydroxyl groups is 1. The molecule has 3 aromatic rings. The molecule has 1 heterocycles. The molecule has 2 bridgehead atoms. The molecular weight excluding hydrogens is 561 g/mol. The van der Waals surface area contributed by atoms with Gasteiger partial charge in [-0.15, -0.1) is 0 Å². The number of aryl methyl sites for hydroxylation is 3. The third kappa shape index (κ3) is 5.63. The van der Waals surface area contributed by atoms with Gasteiger partial charge in [0.25, 0.3) is 5.56 Å². The molecule has 9 heteroatoms. The van der Waals surface area contributed by atoms with Crippen molar-refractivity contribution in [3.8, 4) is 28.4 Å². The van der Waals surface area contributed by atoms with E-state index in [9.17, 15) is 19.1 Å². The van der Waals surface area contributed by atoms with Crippen LogP contribution in [-0.2, 0) is 17.4 Å². The zero-order valence-corrected chi connectivity index (χ0v) is 26.1. The molecule has 0 spiro atoms. The number of nitrogens with two attached hydrogens (primary N) is 1. The Labute approximate surface area is 257 Å². The number of benzene rings is 2. The summed E-state index contributed by atoms with van der Waals surface area (Å²) in [6.07, 6.45) is 6.98. The molecule has 4 aliphatic carbocycles. The molecule has 4 saturated carbocycles. The fraction of sp³-hybridized carbons (Fsp3) is 0.486. The number of aromatic nitrogens is 1. The van der Waals surface area contributed by atoms with E-state index in [1.165, 1.54) is 22.8 Å². The number of hydrogen-bond donors (Lipinski definition) is 3. The highest BCUT2D eigenvalue weighted by Crippen LogP contribution is 2.65. The monoisotopic (exact) mass is 603 g/mol. The topological polar surface area (TPSA) is 116 Å². The number of hydrogen-bond acceptors (Lipinski definition) is 6. The molecule has 4 aliphatic rings. The zero-order valence-electron chi connectivity index (χ0n) is 26.1. The largest absolute Gasteiger partial charge is 0.490 e. The van der Waals surface area contributed by atoms with E-state index in [1.807, 2.05) is 6.07 Å². The van der Waals surface area contributed by atoms with Gasteiger partial charge in [-0.1, -0.05) is 6.07 Å². The SMILES string of the molecule is Cc1cc(F)cc(C)c1Oc1ccc(C(C)(C)O)cc1-c1cn(C)c(=O)cc1OC1CCC(NC(=O)C23CC(N)(C2)C3)CC1. The Bertz CT molecular complexity index is 1640. The summed E-state index contributed by atoms with van der Waals surface area (Å²) in [4.78, 5) is 25.7. The van der Waals surface area contributed by atoms with Crippen LogP contribution >= 0.6 is 0 Å². The third-order valence-corrected chi connectivity index (χ3v) is 9.66. The zero-order chi connectivity index (χ0) is 31.6. The molecule has 4 fully saturated rings. The van der Waals surface area contributed by atoms with Crippen LogP contribution in [0.1, 0.15) is 75.5 Å². The Kier molecular flexibility index (Phi) is 7.40. The van der Waals surface area contributed by atoms with Gasteiger partial charge in [0, 0.05) is 42.0 Å². The van der Waals surface area contributed by atoms with Gasteiger partial charge in [0.15, 0.2) is 0 Å². The van der Waals surface area contributed by atoms with E-state index in [0.717, 1.165) is 44.9 Å². The van der Waals surface area contributed by atoms with Crippen LogP contribution in [0.15, 0.2) is 47.4 Å². The molecule has 1 amide bonds. The van der Waals surface area contributed by atoms with E-state index in [2.05, 4.69) is 5.32 Å². The smallest absolute Gasteiger partial charge is 0.254 e. The molecule has 0 saturated heterocycles. The molecule has 0 radical (unpaired) electrons. The van der Waals surface area contributed by atoms with Gasteiger partial charge in [-0.05, 0) is 114 Å². The number of ether oxygens (including phenoxy) is 2. The molecule has 7 rings (SSSR count). The van der Waals surface area contributed by atoms with Crippen LogP contribution in [0.5, 0.6) is 17.2 Å². The Morgan fingerprint density at radius 2 is 1.66 bits per heavy atom. The van der Waals surface area contributed by atoms with Crippen molar-refractivity contribution in [3.05, 3.63) is 75.5 Å². The second kappa shape index (κ2) is 10.7. The molecule has 0 unspecified atom stereocenters. The maximum atomic E-state index is 14.0. The fourth-order valence-corrected chi connectivity index (χ4v) is 7.24. The van der Waals surface area contributed by atoms with Gasteiger partial charge >= 0.3 is 0 Å². The first-order valence-corrected chi connectivity index (χ1v) is 15.4. The molecule has 0 atom stereocenters. The number of nitrogens with zero attached hydrogens (tertiary/aromatic N) is 1. The van der Waals surface area contributed by atoms with E-state index in [4.69, 9.17) is 15.2 Å². The Morgan fingerprint density at radius 1 is 1.02 bits per heavy atom. The number of carbonyl (C=O) groups excluding carboxylic acids is 1. The fourth-order valence-electron chi connectivity index (χ4n) is 7.24. The van der Waals surface area contributed by atoms with Gasteiger partial charge in [-0.3, -0.25) is 9.59 Å². The number of amides is 1. The lowest BCUT2D eigenvalue weighted by Crippen LogP contribution is -2.76. The molecular formula is C35H42FN3O5. The van der Waals surface area contributed by atoms with Gasteiger partial charge in [-0.25, -0.2) is 4.39 Å². The lowest BCUT2D eigenvalue weighted by molar-refractivity contribution is -0.173. The minimum absolute atomic E-state index is 0.0962. The third-order valence-electron chi connectivity index (χ3n) is 9.66. The summed E-state index contributed by atoms with van der Waals surface area (Å²) in [5.74, 6) is 1.24. The lowest BCUT2D eigenvalue weighted by Gasteiger charge is -2.67. The van der Waals surface area contributed by atoms with E-state index >= 15 is 0 Å². The highest BCUT2D eigenvalue weighted by atomic mass is 19.1. The van der Waals surface area contributed by atoms with E-state index in [-0.39, 0.29) is 40.4 Å². The van der Waals surface area contributed by atoms with E-state index in [0.29, 0.717) is 45.1 Å². The number of halogens is 1. The van der Waals surface area contributed by atoms with Crippen LogP contribution in [0.2, 0.25) is 0 Å². The molecule has 0 aliphatic heterocycles. The minimum atomic E-state index is -1.14. The summed E-state index contributed by atoms with van der Waals surface area (Å²) in [6.45, 7) is 7.00. The molecule has 1 aromatic heterocycles. The highest BCUT2D eigenvalue weighted by molar-refractivity contribution is 5.87. The van der Waals surface area contributed by atoms with Crippen LogP contribution in [0.4, 0.5) is 4.39 Å². The summed E-state index contributed by atoms with van der Waals surface area (Å²) in [6, 6.07) is 9.87. The van der Waals surface area contributed by atoms with Crippen molar-refractivity contribution in [2.24, 2.45) is 18.2 Å². The maximum Gasteiger partial charge on any atom is 0.254 e. The first kappa shape index (κ1) is 30.3. The van der Waals surface area contributed by atoms with E-state index in [1.54, 1.807) is 53.1 Å². The molecule has 8 nitrogen and oxygen atoms in total. The average molecular weight is 604 g/mol. The van der Waals surface area contributed by atoms with Crippen molar-refractivity contribution < 1.29 is 23.8 Å². The second-order valence-electron chi connectivity index (χ2n) is 14.0. The normalized spacial score (nSPS) is 25.9. The van der Waals surface area contributed by atoms with Gasteiger partial charge in [-0.2, -0.15) is 0 Å². The van der Waals surface area contributed by atoms with Gasteiger partial charge in [0.05, 0.1) is 17.1 Å². The van der Waals surface area contributed by atoms with Crippen molar-refractivity contribution in [1.29, 1.82) is 0 Å². The lowest BCUT2D eigenvalue weighted by atomic mass is 9.39. The molecule has 2 aromatic carbocycles. The standard InChI is InChI=1S/C35H42FN3O5/c1-20-12-23(36)13-21(2)31(20)44-28-11-6-22(33(3,4)42)14-26(28)27-16-39(5)30(40)15-29(27)43-25-9-7-24(8-10-25)38-32(41)34-17-35(37,18-34)19-34/h6,11-16,24-25,42H,7-10,17-19,37H2,1-5H3,(H,38,41). The number of carbonyl (C=O) groups is 1.